The number of rotatable bonds is 5. The number of allylic oxidation sites excluding steroid dienone is 4. The highest BCUT2D eigenvalue weighted by molar-refractivity contribution is 6.29. The second-order valence-electron chi connectivity index (χ2n) is 5.46. The van der Waals surface area contributed by atoms with Crippen LogP contribution in [-0.2, 0) is 6.54 Å². The molecule has 0 aliphatic rings. The third-order valence-corrected chi connectivity index (χ3v) is 4.00. The van der Waals surface area contributed by atoms with E-state index in [1.165, 1.54) is 0 Å². The van der Waals surface area contributed by atoms with Gasteiger partial charge in [0.25, 0.3) is 0 Å². The highest BCUT2D eigenvalue weighted by Crippen LogP contribution is 2.31. The Morgan fingerprint density at radius 3 is 2.72 bits per heavy atom. The number of aromatic nitrogens is 3. The number of pyridine rings is 1. The van der Waals surface area contributed by atoms with E-state index in [1.54, 1.807) is 6.20 Å². The summed E-state index contributed by atoms with van der Waals surface area (Å²) >= 11 is 6.13. The van der Waals surface area contributed by atoms with Gasteiger partial charge in [0.2, 0.25) is 5.28 Å². The molecule has 5 heteroatoms. The zero-order valence-corrected chi connectivity index (χ0v) is 15.0. The zero-order chi connectivity index (χ0) is 17.6. The molecule has 2 aromatic heterocycles. The number of nitrogens with one attached hydrogen (secondary N) is 1. The van der Waals surface area contributed by atoms with Gasteiger partial charge in [-0.15, -0.1) is 0 Å². The molecule has 0 saturated carbocycles. The first-order valence-electron chi connectivity index (χ1n) is 8.12. The number of hydrogen-bond donors (Lipinski definition) is 1. The maximum atomic E-state index is 6.13. The Bertz CT molecular complexity index is 933. The van der Waals surface area contributed by atoms with Crippen molar-refractivity contribution in [3.8, 4) is 0 Å². The van der Waals surface area contributed by atoms with Crippen molar-refractivity contribution < 1.29 is 0 Å². The Morgan fingerprint density at radius 1 is 1.12 bits per heavy atom. The van der Waals surface area contributed by atoms with E-state index in [0.717, 1.165) is 27.7 Å². The van der Waals surface area contributed by atoms with Crippen molar-refractivity contribution >= 4 is 33.9 Å². The number of benzene rings is 1. The van der Waals surface area contributed by atoms with Crippen molar-refractivity contribution in [1.29, 1.82) is 0 Å². The van der Waals surface area contributed by atoms with Crippen molar-refractivity contribution in [2.75, 3.05) is 5.32 Å². The van der Waals surface area contributed by atoms with Crippen LogP contribution >= 0.6 is 11.6 Å². The lowest BCUT2D eigenvalue weighted by atomic mass is 10.00. The van der Waals surface area contributed by atoms with E-state index in [4.69, 9.17) is 11.6 Å². The predicted octanol–water partition coefficient (Wildman–Crippen LogP) is 5.27. The summed E-state index contributed by atoms with van der Waals surface area (Å²) in [5.74, 6) is 0.708. The molecule has 1 aromatic carbocycles. The second-order valence-corrected chi connectivity index (χ2v) is 5.80. The Balaban J connectivity index is 2.10. The third kappa shape index (κ3) is 3.86. The monoisotopic (exact) mass is 350 g/mol. The Morgan fingerprint density at radius 2 is 2.00 bits per heavy atom. The maximum absolute atomic E-state index is 6.13. The number of fused-ring (bicyclic) bond motifs is 1. The molecule has 0 aliphatic heterocycles. The molecule has 0 unspecified atom stereocenters. The minimum absolute atomic E-state index is 0.223. The van der Waals surface area contributed by atoms with Gasteiger partial charge in [-0.25, -0.2) is 9.97 Å². The summed E-state index contributed by atoms with van der Waals surface area (Å²) in [7, 11) is 0. The van der Waals surface area contributed by atoms with Crippen LogP contribution in [0.1, 0.15) is 25.1 Å². The van der Waals surface area contributed by atoms with Gasteiger partial charge in [-0.1, -0.05) is 36.4 Å². The maximum Gasteiger partial charge on any atom is 0.224 e. The average Bonchev–Trinajstić information content (AvgIpc) is 2.64. The largest absolute Gasteiger partial charge is 0.364 e. The van der Waals surface area contributed by atoms with Crippen LogP contribution in [0.3, 0.4) is 0 Å². The summed E-state index contributed by atoms with van der Waals surface area (Å²) in [6, 6.07) is 11.8. The van der Waals surface area contributed by atoms with Crippen LogP contribution in [0.25, 0.3) is 16.5 Å². The summed E-state index contributed by atoms with van der Waals surface area (Å²) in [6.07, 6.45) is 7.95. The first-order valence-corrected chi connectivity index (χ1v) is 8.50. The van der Waals surface area contributed by atoms with Gasteiger partial charge in [0.05, 0.1) is 23.1 Å². The van der Waals surface area contributed by atoms with Gasteiger partial charge in [0.1, 0.15) is 5.82 Å². The zero-order valence-electron chi connectivity index (χ0n) is 14.2. The van der Waals surface area contributed by atoms with Crippen molar-refractivity contribution in [2.24, 2.45) is 0 Å². The van der Waals surface area contributed by atoms with Crippen LogP contribution in [0.2, 0.25) is 5.28 Å². The second kappa shape index (κ2) is 7.90. The molecule has 3 aromatic rings. The smallest absolute Gasteiger partial charge is 0.224 e. The third-order valence-electron chi connectivity index (χ3n) is 3.83. The molecular weight excluding hydrogens is 332 g/mol. The SMILES string of the molecule is C/C=C\C(=C/C)c1cccc2nc(Cl)nc(NCc3ccccn3)c12. The van der Waals surface area contributed by atoms with Crippen LogP contribution in [0.5, 0.6) is 0 Å². The van der Waals surface area contributed by atoms with Crippen molar-refractivity contribution in [3.05, 3.63) is 77.4 Å². The molecule has 126 valence electrons. The Kier molecular flexibility index (Phi) is 5.41. The average molecular weight is 351 g/mol. The molecule has 0 atom stereocenters. The number of nitrogens with zero attached hydrogens (tertiary/aromatic N) is 3. The van der Waals surface area contributed by atoms with E-state index in [9.17, 15) is 0 Å². The molecule has 4 nitrogen and oxygen atoms in total. The van der Waals surface area contributed by atoms with Gasteiger partial charge in [0.15, 0.2) is 0 Å². The molecule has 0 aliphatic carbocycles. The number of hydrogen-bond acceptors (Lipinski definition) is 4. The molecule has 3 rings (SSSR count). The predicted molar refractivity (Wildman–Crippen MR) is 105 cm³/mol. The molecule has 0 spiro atoms. The van der Waals surface area contributed by atoms with E-state index in [1.807, 2.05) is 50.3 Å². The fourth-order valence-corrected chi connectivity index (χ4v) is 2.90. The Hall–Kier alpha value is -2.72. The summed E-state index contributed by atoms with van der Waals surface area (Å²) in [4.78, 5) is 13.1. The first-order chi connectivity index (χ1) is 12.2. The van der Waals surface area contributed by atoms with Crippen LogP contribution in [0, 0.1) is 0 Å². The van der Waals surface area contributed by atoms with E-state index in [2.05, 4.69) is 38.5 Å². The molecule has 0 amide bonds. The number of anilines is 1. The molecular formula is C20H19ClN4. The van der Waals surface area contributed by atoms with Gasteiger partial charge in [-0.05, 0) is 54.8 Å². The molecule has 0 fully saturated rings. The van der Waals surface area contributed by atoms with Gasteiger partial charge in [0, 0.05) is 6.20 Å². The van der Waals surface area contributed by atoms with Gasteiger partial charge in [-0.2, -0.15) is 0 Å². The molecule has 0 radical (unpaired) electrons. The lowest BCUT2D eigenvalue weighted by molar-refractivity contribution is 1.03. The quantitative estimate of drug-likeness (QED) is 0.503. The summed E-state index contributed by atoms with van der Waals surface area (Å²) in [6.45, 7) is 4.58. The fraction of sp³-hybridized carbons (Fsp3) is 0.150. The van der Waals surface area contributed by atoms with Crippen LogP contribution in [0.15, 0.2) is 60.8 Å². The molecule has 25 heavy (non-hydrogen) atoms. The molecule has 0 bridgehead atoms. The number of halogens is 1. The lowest BCUT2D eigenvalue weighted by Gasteiger charge is -2.13. The van der Waals surface area contributed by atoms with Gasteiger partial charge in [-0.3, -0.25) is 4.98 Å². The van der Waals surface area contributed by atoms with Crippen LogP contribution in [-0.4, -0.2) is 15.0 Å². The van der Waals surface area contributed by atoms with E-state index in [0.29, 0.717) is 12.4 Å². The minimum Gasteiger partial charge on any atom is -0.364 e. The standard InChI is InChI=1S/C20H19ClN4/c1-3-8-14(4-2)16-10-7-11-17-18(16)19(25-20(21)24-17)23-13-15-9-5-6-12-22-15/h3-12H,13H2,1-2H3,(H,23,24,25)/b8-3-,14-4+. The van der Waals surface area contributed by atoms with Crippen LogP contribution in [0.4, 0.5) is 5.82 Å². The highest BCUT2D eigenvalue weighted by Gasteiger charge is 2.12. The topological polar surface area (TPSA) is 50.7 Å². The first kappa shape index (κ1) is 17.1. The van der Waals surface area contributed by atoms with E-state index >= 15 is 0 Å². The van der Waals surface area contributed by atoms with Gasteiger partial charge >= 0.3 is 0 Å². The summed E-state index contributed by atoms with van der Waals surface area (Å²) in [5.41, 5.74) is 3.92. The van der Waals surface area contributed by atoms with Crippen LogP contribution < -0.4 is 5.32 Å². The Labute approximate surface area is 152 Å². The highest BCUT2D eigenvalue weighted by atomic mass is 35.5. The van der Waals surface area contributed by atoms with Crippen molar-refractivity contribution in [3.63, 3.8) is 0 Å². The van der Waals surface area contributed by atoms with E-state index < -0.39 is 0 Å². The molecule has 0 saturated heterocycles. The summed E-state index contributed by atoms with van der Waals surface area (Å²) in [5, 5.41) is 4.53. The van der Waals surface area contributed by atoms with Crippen molar-refractivity contribution in [2.45, 2.75) is 20.4 Å². The van der Waals surface area contributed by atoms with Gasteiger partial charge < -0.3 is 5.32 Å². The normalized spacial score (nSPS) is 12.0. The molecule has 1 N–H and O–H groups in total. The molecule has 2 heterocycles. The fourth-order valence-electron chi connectivity index (χ4n) is 2.72. The summed E-state index contributed by atoms with van der Waals surface area (Å²) < 4.78 is 0. The van der Waals surface area contributed by atoms with Crippen molar-refractivity contribution in [1.82, 2.24) is 15.0 Å². The lowest BCUT2D eigenvalue weighted by Crippen LogP contribution is -2.05. The minimum atomic E-state index is 0.223. The van der Waals surface area contributed by atoms with E-state index in [-0.39, 0.29) is 5.28 Å².